The quantitative estimate of drug-likeness (QED) is 0.816. The lowest BCUT2D eigenvalue weighted by molar-refractivity contribution is 0.719. The van der Waals surface area contributed by atoms with Crippen molar-refractivity contribution in [3.05, 3.63) is 29.3 Å². The summed E-state index contributed by atoms with van der Waals surface area (Å²) in [7, 11) is 0. The third kappa shape index (κ3) is 2.10. The van der Waals surface area contributed by atoms with Gasteiger partial charge in [-0.1, -0.05) is 16.7 Å². The summed E-state index contributed by atoms with van der Waals surface area (Å²) in [6.45, 7) is 2.04. The molecule has 0 unspecified atom stereocenters. The number of aromatic nitrogens is 4. The first-order valence-corrected chi connectivity index (χ1v) is 6.02. The monoisotopic (exact) mass is 249 g/mol. The minimum Gasteiger partial charge on any atom is -0.338 e. The molecule has 1 aromatic carbocycles. The number of halogens is 1. The van der Waals surface area contributed by atoms with Gasteiger partial charge in [-0.15, -0.1) is 9.90 Å². The zero-order chi connectivity index (χ0) is 11.7. The van der Waals surface area contributed by atoms with E-state index in [4.69, 9.17) is 11.6 Å². The third-order valence-electron chi connectivity index (χ3n) is 2.85. The minimum absolute atomic E-state index is 0.702. The average molecular weight is 250 g/mol. The van der Waals surface area contributed by atoms with Gasteiger partial charge in [0.05, 0.1) is 5.69 Å². The normalized spacial score (nSPS) is 15.5. The summed E-state index contributed by atoms with van der Waals surface area (Å²) >= 11 is 5.83. The fraction of sp³-hybridized carbons (Fsp3) is 0.364. The Hall–Kier alpha value is -1.62. The summed E-state index contributed by atoms with van der Waals surface area (Å²) in [5, 5.41) is 13.2. The van der Waals surface area contributed by atoms with Crippen molar-refractivity contribution in [1.82, 2.24) is 20.2 Å². The molecule has 3 rings (SSSR count). The molecule has 2 aromatic rings. The maximum absolute atomic E-state index is 5.83. The summed E-state index contributed by atoms with van der Waals surface area (Å²) in [6.07, 6.45) is 2.41. The molecule has 2 heterocycles. The second-order valence-corrected chi connectivity index (χ2v) is 4.49. The van der Waals surface area contributed by atoms with Crippen LogP contribution < -0.4 is 4.90 Å². The highest BCUT2D eigenvalue weighted by atomic mass is 35.5. The van der Waals surface area contributed by atoms with Crippen molar-refractivity contribution in [2.75, 3.05) is 18.0 Å². The average Bonchev–Trinajstić information content (AvgIpc) is 3.00. The van der Waals surface area contributed by atoms with Crippen molar-refractivity contribution in [2.45, 2.75) is 12.8 Å². The molecular weight excluding hydrogens is 238 g/mol. The van der Waals surface area contributed by atoms with Crippen molar-refractivity contribution in [1.29, 1.82) is 0 Å². The molecule has 1 aliphatic heterocycles. The summed E-state index contributed by atoms with van der Waals surface area (Å²) < 4.78 is 0. The van der Waals surface area contributed by atoms with Crippen LogP contribution in [-0.4, -0.2) is 33.3 Å². The first kappa shape index (κ1) is 10.5. The zero-order valence-corrected chi connectivity index (χ0v) is 10.0. The van der Waals surface area contributed by atoms with Gasteiger partial charge in [-0.25, -0.2) is 0 Å². The smallest absolute Gasteiger partial charge is 0.266 e. The van der Waals surface area contributed by atoms with Gasteiger partial charge in [0.15, 0.2) is 0 Å². The van der Waals surface area contributed by atoms with Crippen molar-refractivity contribution in [3.63, 3.8) is 0 Å². The van der Waals surface area contributed by atoms with E-state index in [-0.39, 0.29) is 0 Å². The van der Waals surface area contributed by atoms with E-state index in [1.54, 1.807) is 0 Å². The standard InChI is InChI=1S/C11H12ClN5/c12-9-3-5-10(6-4-9)17-14-11(13-15-17)16-7-1-2-8-16/h3-6H,1-2,7-8H2. The van der Waals surface area contributed by atoms with Gasteiger partial charge >= 0.3 is 0 Å². The van der Waals surface area contributed by atoms with E-state index in [0.717, 1.165) is 18.8 Å². The zero-order valence-electron chi connectivity index (χ0n) is 9.25. The van der Waals surface area contributed by atoms with Crippen molar-refractivity contribution < 1.29 is 0 Å². The van der Waals surface area contributed by atoms with Gasteiger partial charge in [0.2, 0.25) is 0 Å². The Kier molecular flexibility index (Phi) is 2.68. The molecule has 1 aromatic heterocycles. The highest BCUT2D eigenvalue weighted by Gasteiger charge is 2.17. The molecule has 5 nitrogen and oxygen atoms in total. The highest BCUT2D eigenvalue weighted by molar-refractivity contribution is 6.30. The first-order chi connectivity index (χ1) is 8.33. The highest BCUT2D eigenvalue weighted by Crippen LogP contribution is 2.16. The van der Waals surface area contributed by atoms with Gasteiger partial charge in [-0.05, 0) is 42.3 Å². The largest absolute Gasteiger partial charge is 0.338 e. The number of tetrazole rings is 1. The van der Waals surface area contributed by atoms with E-state index in [0.29, 0.717) is 11.0 Å². The molecule has 0 aliphatic carbocycles. The summed E-state index contributed by atoms with van der Waals surface area (Å²) in [5.74, 6) is 0.706. The maximum Gasteiger partial charge on any atom is 0.266 e. The Morgan fingerprint density at radius 2 is 1.76 bits per heavy atom. The molecule has 1 aliphatic rings. The van der Waals surface area contributed by atoms with Crippen LogP contribution in [0, 0.1) is 0 Å². The van der Waals surface area contributed by atoms with Crippen LogP contribution in [0.4, 0.5) is 5.95 Å². The van der Waals surface area contributed by atoms with Crippen LogP contribution in [0.2, 0.25) is 5.02 Å². The van der Waals surface area contributed by atoms with Gasteiger partial charge in [0.25, 0.3) is 5.95 Å². The van der Waals surface area contributed by atoms with Gasteiger partial charge in [0.1, 0.15) is 0 Å². The lowest BCUT2D eigenvalue weighted by Gasteiger charge is -2.09. The van der Waals surface area contributed by atoms with Crippen LogP contribution in [-0.2, 0) is 0 Å². The van der Waals surface area contributed by atoms with E-state index < -0.39 is 0 Å². The number of hydrogen-bond acceptors (Lipinski definition) is 4. The molecular formula is C11H12ClN5. The van der Waals surface area contributed by atoms with Crippen LogP contribution in [0.3, 0.4) is 0 Å². The Morgan fingerprint density at radius 3 is 2.47 bits per heavy atom. The molecule has 0 saturated carbocycles. The molecule has 1 saturated heterocycles. The lowest BCUT2D eigenvalue weighted by atomic mass is 10.3. The summed E-state index contributed by atoms with van der Waals surface area (Å²) in [6, 6.07) is 7.38. The van der Waals surface area contributed by atoms with Crippen LogP contribution in [0.1, 0.15) is 12.8 Å². The number of hydrogen-bond donors (Lipinski definition) is 0. The van der Waals surface area contributed by atoms with Crippen LogP contribution in [0.15, 0.2) is 24.3 Å². The molecule has 0 atom stereocenters. The van der Waals surface area contributed by atoms with E-state index in [1.165, 1.54) is 17.6 Å². The molecule has 0 N–H and O–H groups in total. The van der Waals surface area contributed by atoms with E-state index in [2.05, 4.69) is 20.3 Å². The van der Waals surface area contributed by atoms with Gasteiger partial charge in [0, 0.05) is 18.1 Å². The SMILES string of the molecule is Clc1ccc(-n2nnc(N3CCCC3)n2)cc1. The predicted octanol–water partition coefficient (Wildman–Crippen LogP) is 1.92. The van der Waals surface area contributed by atoms with Gasteiger partial charge in [-0.2, -0.15) is 0 Å². The number of rotatable bonds is 2. The van der Waals surface area contributed by atoms with E-state index in [9.17, 15) is 0 Å². The molecule has 17 heavy (non-hydrogen) atoms. The van der Waals surface area contributed by atoms with Crippen molar-refractivity contribution in [3.8, 4) is 5.69 Å². The molecule has 0 radical (unpaired) electrons. The lowest BCUT2D eigenvalue weighted by Crippen LogP contribution is -2.19. The second-order valence-electron chi connectivity index (χ2n) is 4.05. The van der Waals surface area contributed by atoms with E-state index >= 15 is 0 Å². The Bertz CT molecular complexity index is 501. The fourth-order valence-electron chi connectivity index (χ4n) is 1.93. The first-order valence-electron chi connectivity index (χ1n) is 5.64. The second kappa shape index (κ2) is 4.33. The fourth-order valence-corrected chi connectivity index (χ4v) is 2.06. The van der Waals surface area contributed by atoms with Crippen molar-refractivity contribution >= 4 is 17.5 Å². The number of anilines is 1. The molecule has 0 spiro atoms. The predicted molar refractivity (Wildman–Crippen MR) is 65.6 cm³/mol. The van der Waals surface area contributed by atoms with Crippen molar-refractivity contribution in [2.24, 2.45) is 0 Å². The van der Waals surface area contributed by atoms with E-state index in [1.807, 2.05) is 24.3 Å². The Morgan fingerprint density at radius 1 is 1.06 bits per heavy atom. The minimum atomic E-state index is 0.702. The van der Waals surface area contributed by atoms with Gasteiger partial charge in [-0.3, -0.25) is 0 Å². The molecule has 6 heteroatoms. The summed E-state index contributed by atoms with van der Waals surface area (Å²) in [5.41, 5.74) is 0.868. The number of nitrogens with zero attached hydrogens (tertiary/aromatic N) is 5. The molecule has 88 valence electrons. The Labute approximate surface area is 104 Å². The topological polar surface area (TPSA) is 46.8 Å². The summed E-state index contributed by atoms with van der Waals surface area (Å²) in [4.78, 5) is 3.68. The van der Waals surface area contributed by atoms with Crippen LogP contribution >= 0.6 is 11.6 Å². The molecule has 1 fully saturated rings. The van der Waals surface area contributed by atoms with Gasteiger partial charge < -0.3 is 4.90 Å². The molecule has 0 bridgehead atoms. The van der Waals surface area contributed by atoms with Crippen LogP contribution in [0.25, 0.3) is 5.69 Å². The molecule has 0 amide bonds. The third-order valence-corrected chi connectivity index (χ3v) is 3.10. The number of benzene rings is 1. The maximum atomic E-state index is 5.83. The van der Waals surface area contributed by atoms with Crippen LogP contribution in [0.5, 0.6) is 0 Å². The Balaban J connectivity index is 1.86.